The molecular weight excluding hydrogens is 456 g/mol. The Hall–Kier alpha value is -3.63. The fourth-order valence-corrected chi connectivity index (χ4v) is 4.22. The number of nitrogens with one attached hydrogen (secondary N) is 2. The van der Waals surface area contributed by atoms with Gasteiger partial charge in [0, 0.05) is 12.1 Å². The van der Waals surface area contributed by atoms with E-state index in [2.05, 4.69) is 15.2 Å². The van der Waals surface area contributed by atoms with Crippen LogP contribution in [0.2, 0.25) is 5.02 Å². The first-order valence-corrected chi connectivity index (χ1v) is 11.1. The van der Waals surface area contributed by atoms with Gasteiger partial charge in [-0.1, -0.05) is 23.7 Å². The van der Waals surface area contributed by atoms with Crippen LogP contribution in [0.5, 0.6) is 5.75 Å². The van der Waals surface area contributed by atoms with Crippen LogP contribution in [0.25, 0.3) is 0 Å². The predicted molar refractivity (Wildman–Crippen MR) is 124 cm³/mol. The third kappa shape index (κ3) is 5.34. The van der Waals surface area contributed by atoms with Gasteiger partial charge in [-0.15, -0.1) is 0 Å². The van der Waals surface area contributed by atoms with Crippen molar-refractivity contribution in [2.24, 2.45) is 5.10 Å². The van der Waals surface area contributed by atoms with Gasteiger partial charge in [0.25, 0.3) is 15.7 Å². The molecule has 0 atom stereocenters. The van der Waals surface area contributed by atoms with Gasteiger partial charge in [0.15, 0.2) is 0 Å². The summed E-state index contributed by atoms with van der Waals surface area (Å²) in [5.74, 6) is 0.684. The van der Waals surface area contributed by atoms with Crippen LogP contribution in [-0.2, 0) is 10.0 Å². The smallest absolute Gasteiger partial charge is 0.270 e. The van der Waals surface area contributed by atoms with Gasteiger partial charge in [-0.05, 0) is 55.0 Å². The molecule has 0 saturated heterocycles. The summed E-state index contributed by atoms with van der Waals surface area (Å²) in [5, 5.41) is 15.6. The van der Waals surface area contributed by atoms with Gasteiger partial charge >= 0.3 is 0 Å². The van der Waals surface area contributed by atoms with Crippen molar-refractivity contribution in [2.45, 2.75) is 11.8 Å². The lowest BCUT2D eigenvalue weighted by atomic mass is 10.1. The minimum absolute atomic E-state index is 0.0583. The second-order valence-corrected chi connectivity index (χ2v) is 8.62. The summed E-state index contributed by atoms with van der Waals surface area (Å²) in [6, 6.07) is 16.8. The maximum absolute atomic E-state index is 13.0. The Labute approximate surface area is 189 Å². The average molecular weight is 475 g/mol. The number of benzene rings is 3. The zero-order valence-electron chi connectivity index (χ0n) is 17.1. The number of anilines is 2. The lowest BCUT2D eigenvalue weighted by Crippen LogP contribution is -2.15. The van der Waals surface area contributed by atoms with Crippen molar-refractivity contribution in [1.29, 1.82) is 0 Å². The second-order valence-electron chi connectivity index (χ2n) is 6.56. The summed E-state index contributed by atoms with van der Waals surface area (Å²) >= 11 is 6.05. The summed E-state index contributed by atoms with van der Waals surface area (Å²) in [4.78, 5) is 10.2. The van der Waals surface area contributed by atoms with Crippen molar-refractivity contribution >= 4 is 44.4 Å². The summed E-state index contributed by atoms with van der Waals surface area (Å²) in [7, 11) is -2.67. The fourth-order valence-electron chi connectivity index (χ4n) is 2.72. The SMILES string of the molecule is COc1ccc(/C(C)=N/Nc2ccc([N+](=O)[O-])cc2S(=O)(=O)Nc2ccccc2Cl)cc1. The van der Waals surface area contributed by atoms with Crippen molar-refractivity contribution in [3.63, 3.8) is 0 Å². The number of methoxy groups -OCH3 is 1. The van der Waals surface area contributed by atoms with Crippen molar-refractivity contribution in [3.05, 3.63) is 87.4 Å². The highest BCUT2D eigenvalue weighted by atomic mass is 35.5. The number of nitro groups is 1. The second kappa shape index (κ2) is 9.67. The summed E-state index contributed by atoms with van der Waals surface area (Å²) in [5.41, 5.74) is 3.85. The van der Waals surface area contributed by atoms with Crippen LogP contribution in [0.4, 0.5) is 17.1 Å². The van der Waals surface area contributed by atoms with Gasteiger partial charge < -0.3 is 4.74 Å². The van der Waals surface area contributed by atoms with Crippen molar-refractivity contribution < 1.29 is 18.1 Å². The Morgan fingerprint density at radius 2 is 1.75 bits per heavy atom. The number of rotatable bonds is 8. The normalized spacial score (nSPS) is 11.7. The molecule has 3 aromatic carbocycles. The predicted octanol–water partition coefficient (Wildman–Crippen LogP) is 4.89. The van der Waals surface area contributed by atoms with E-state index in [1.807, 2.05) is 0 Å². The number of hydrogen-bond acceptors (Lipinski definition) is 7. The number of hydrogen-bond donors (Lipinski definition) is 2. The highest BCUT2D eigenvalue weighted by molar-refractivity contribution is 7.93. The van der Waals surface area contributed by atoms with E-state index in [-0.39, 0.29) is 27.0 Å². The van der Waals surface area contributed by atoms with E-state index in [0.717, 1.165) is 11.6 Å². The summed E-state index contributed by atoms with van der Waals surface area (Å²) in [6.07, 6.45) is 0. The number of para-hydroxylation sites is 1. The number of hydrazone groups is 1. The van der Waals surface area contributed by atoms with Crippen LogP contribution in [0.3, 0.4) is 0 Å². The summed E-state index contributed by atoms with van der Waals surface area (Å²) in [6.45, 7) is 1.73. The Balaban J connectivity index is 1.97. The first-order valence-electron chi connectivity index (χ1n) is 9.22. The molecule has 3 rings (SSSR count). The van der Waals surface area contributed by atoms with Crippen LogP contribution < -0.4 is 14.9 Å². The lowest BCUT2D eigenvalue weighted by Gasteiger charge is -2.13. The highest BCUT2D eigenvalue weighted by Crippen LogP contribution is 2.30. The van der Waals surface area contributed by atoms with Gasteiger partial charge in [-0.3, -0.25) is 20.3 Å². The average Bonchev–Trinajstić information content (AvgIpc) is 2.78. The monoisotopic (exact) mass is 474 g/mol. The molecule has 0 aliphatic rings. The first kappa shape index (κ1) is 23.0. The zero-order chi connectivity index (χ0) is 23.3. The Morgan fingerprint density at radius 1 is 1.06 bits per heavy atom. The maximum atomic E-state index is 13.0. The first-order chi connectivity index (χ1) is 15.2. The van der Waals surface area contributed by atoms with Gasteiger partial charge in [0.2, 0.25) is 0 Å². The standard InChI is InChI=1S/C21H19ClN4O5S/c1-14(15-7-10-17(31-2)11-8-15)23-24-20-12-9-16(26(27)28)13-21(20)32(29,30)25-19-6-4-3-5-18(19)22/h3-13,24-25H,1-2H3/b23-14+. The molecule has 0 aromatic heterocycles. The van der Waals surface area contributed by atoms with E-state index in [1.165, 1.54) is 24.3 Å². The molecule has 0 fully saturated rings. The third-order valence-electron chi connectivity index (χ3n) is 4.44. The van der Waals surface area contributed by atoms with Crippen LogP contribution in [0, 0.1) is 10.1 Å². The van der Waals surface area contributed by atoms with Crippen molar-refractivity contribution in [3.8, 4) is 5.75 Å². The maximum Gasteiger partial charge on any atom is 0.270 e. The molecule has 0 radical (unpaired) electrons. The molecule has 0 aliphatic heterocycles. The van der Waals surface area contributed by atoms with Gasteiger partial charge in [-0.2, -0.15) is 5.10 Å². The minimum Gasteiger partial charge on any atom is -0.497 e. The molecule has 0 aliphatic carbocycles. The minimum atomic E-state index is -4.23. The molecule has 0 bridgehead atoms. The van der Waals surface area contributed by atoms with E-state index < -0.39 is 14.9 Å². The number of halogens is 1. The molecule has 166 valence electrons. The largest absolute Gasteiger partial charge is 0.497 e. The number of nitrogens with zero attached hydrogens (tertiary/aromatic N) is 2. The quantitative estimate of drug-likeness (QED) is 0.272. The molecule has 0 spiro atoms. The molecule has 2 N–H and O–H groups in total. The van der Waals surface area contributed by atoms with E-state index in [1.54, 1.807) is 50.4 Å². The van der Waals surface area contributed by atoms with Crippen LogP contribution >= 0.6 is 11.6 Å². The third-order valence-corrected chi connectivity index (χ3v) is 6.17. The highest BCUT2D eigenvalue weighted by Gasteiger charge is 2.23. The number of sulfonamides is 1. The zero-order valence-corrected chi connectivity index (χ0v) is 18.6. The van der Waals surface area contributed by atoms with E-state index >= 15 is 0 Å². The number of ether oxygens (including phenoxy) is 1. The van der Waals surface area contributed by atoms with Gasteiger partial charge in [-0.25, -0.2) is 8.42 Å². The summed E-state index contributed by atoms with van der Waals surface area (Å²) < 4.78 is 33.6. The topological polar surface area (TPSA) is 123 Å². The van der Waals surface area contributed by atoms with E-state index in [9.17, 15) is 18.5 Å². The molecule has 3 aromatic rings. The van der Waals surface area contributed by atoms with Crippen molar-refractivity contribution in [1.82, 2.24) is 0 Å². The molecule has 0 saturated carbocycles. The Morgan fingerprint density at radius 3 is 2.38 bits per heavy atom. The van der Waals surface area contributed by atoms with Crippen LogP contribution in [0.15, 0.2) is 76.7 Å². The fraction of sp³-hybridized carbons (Fsp3) is 0.0952. The van der Waals surface area contributed by atoms with Crippen LogP contribution in [-0.4, -0.2) is 26.2 Å². The molecule has 11 heteroatoms. The molecule has 0 unspecified atom stereocenters. The molecule has 32 heavy (non-hydrogen) atoms. The van der Waals surface area contributed by atoms with E-state index in [4.69, 9.17) is 16.3 Å². The van der Waals surface area contributed by atoms with Crippen molar-refractivity contribution in [2.75, 3.05) is 17.3 Å². The van der Waals surface area contributed by atoms with Gasteiger partial charge in [0.1, 0.15) is 10.6 Å². The van der Waals surface area contributed by atoms with E-state index in [0.29, 0.717) is 11.5 Å². The molecule has 9 nitrogen and oxygen atoms in total. The van der Waals surface area contributed by atoms with Crippen LogP contribution in [0.1, 0.15) is 12.5 Å². The molecule has 0 amide bonds. The lowest BCUT2D eigenvalue weighted by molar-refractivity contribution is -0.385. The number of nitro benzene ring substituents is 1. The Bertz CT molecular complexity index is 1280. The molecule has 0 heterocycles. The Kier molecular flexibility index (Phi) is 6.96. The van der Waals surface area contributed by atoms with Gasteiger partial charge in [0.05, 0.1) is 34.1 Å². The molecular formula is C21H19ClN4O5S. The number of non-ortho nitro benzene ring substituents is 1.